The number of hydrogen-bond acceptors (Lipinski definition) is 10. The van der Waals surface area contributed by atoms with Gasteiger partial charge in [-0.15, -0.1) is 0 Å². The molecule has 0 bridgehead atoms. The number of carbonyl (C=O) groups is 4. The van der Waals surface area contributed by atoms with Crippen molar-refractivity contribution in [3.05, 3.63) is 71.7 Å². The first-order valence-corrected chi connectivity index (χ1v) is 16.0. The van der Waals surface area contributed by atoms with E-state index in [1.165, 1.54) is 31.6 Å². The van der Waals surface area contributed by atoms with Gasteiger partial charge in [-0.1, -0.05) is 6.92 Å². The van der Waals surface area contributed by atoms with Gasteiger partial charge in [-0.25, -0.2) is 14.4 Å². The second kappa shape index (κ2) is 17.5. The molecule has 0 aliphatic rings. The van der Waals surface area contributed by atoms with Crippen LogP contribution in [0.1, 0.15) is 35.7 Å². The van der Waals surface area contributed by atoms with Gasteiger partial charge in [-0.05, 0) is 48.7 Å². The number of rotatable bonds is 17. The number of aromatic nitrogens is 3. The number of ether oxygens (including phenoxy) is 1. The Labute approximate surface area is 296 Å². The smallest absolute Gasteiger partial charge is 0.303 e. The topological polar surface area (TPSA) is 266 Å². The average Bonchev–Trinajstić information content (AvgIpc) is 3.56. The van der Waals surface area contributed by atoms with Crippen LogP contribution in [0.25, 0.3) is 16.9 Å². The lowest BCUT2D eigenvalue weighted by atomic mass is 10.0. The monoisotopic (exact) mass is 723 g/mol. The summed E-state index contributed by atoms with van der Waals surface area (Å²) >= 11 is 0. The lowest BCUT2D eigenvalue weighted by Gasteiger charge is -2.19. The Hall–Kier alpha value is -6.37. The number of nitrogens with zero attached hydrogens (tertiary/aromatic N) is 4. The molecule has 3 amide bonds. The number of nitrogens with one attached hydrogen (secondary N) is 4. The number of guanidine groups is 1. The van der Waals surface area contributed by atoms with E-state index >= 15 is 0 Å². The number of halogens is 2. The van der Waals surface area contributed by atoms with Gasteiger partial charge in [-0.3, -0.25) is 28.6 Å². The van der Waals surface area contributed by atoms with Gasteiger partial charge in [0.05, 0.1) is 31.6 Å². The molecule has 0 saturated carbocycles. The number of imidazole rings is 1. The normalized spacial score (nSPS) is 12.0. The summed E-state index contributed by atoms with van der Waals surface area (Å²) in [6.45, 7) is 1.59. The van der Waals surface area contributed by atoms with Crippen LogP contribution in [0.3, 0.4) is 0 Å². The van der Waals surface area contributed by atoms with Crippen molar-refractivity contribution in [2.45, 2.75) is 38.3 Å². The van der Waals surface area contributed by atoms with Gasteiger partial charge in [-0.2, -0.15) is 4.39 Å². The molecule has 4 aromatic rings. The second-order valence-corrected chi connectivity index (χ2v) is 11.3. The number of carbonyl (C=O) groups excluding carboxylic acids is 3. The van der Waals surface area contributed by atoms with Crippen LogP contribution in [0.2, 0.25) is 0 Å². The lowest BCUT2D eigenvalue weighted by molar-refractivity contribution is -0.137. The maximum Gasteiger partial charge on any atom is 0.303 e. The molecule has 4 rings (SSSR count). The van der Waals surface area contributed by atoms with Crippen LogP contribution in [0.15, 0.2) is 53.9 Å². The zero-order valence-corrected chi connectivity index (χ0v) is 28.3. The van der Waals surface area contributed by atoms with E-state index in [0.29, 0.717) is 40.4 Å². The number of benzene rings is 2. The van der Waals surface area contributed by atoms with Crippen molar-refractivity contribution in [2.75, 3.05) is 32.1 Å². The fourth-order valence-electron chi connectivity index (χ4n) is 5.08. The van der Waals surface area contributed by atoms with Crippen LogP contribution in [-0.2, 0) is 20.8 Å². The Morgan fingerprint density at radius 3 is 2.48 bits per heavy atom. The summed E-state index contributed by atoms with van der Waals surface area (Å²) in [5.74, 6) is -5.34. The summed E-state index contributed by atoms with van der Waals surface area (Å²) in [5.41, 5.74) is 18.8. The van der Waals surface area contributed by atoms with Crippen LogP contribution in [0.4, 0.5) is 20.3 Å². The van der Waals surface area contributed by atoms with Gasteiger partial charge >= 0.3 is 5.97 Å². The number of anilines is 2. The SMILES string of the molecule is CCc1cc(Nc2nccn3c(-c4ccc(OC)c(F)c4F)cnc23)ccc1C(=O)NCCNC(=O)C(CN=C(N)N)NC(=O)[C@@H](N)CCC(=O)O. The second-order valence-electron chi connectivity index (χ2n) is 11.3. The highest BCUT2D eigenvalue weighted by atomic mass is 19.2. The van der Waals surface area contributed by atoms with Crippen LogP contribution in [0, 0.1) is 11.6 Å². The third-order valence-electron chi connectivity index (χ3n) is 7.77. The van der Waals surface area contributed by atoms with Crippen molar-refractivity contribution in [2.24, 2.45) is 22.2 Å². The number of amides is 3. The number of carboxylic acid groups (broad SMARTS) is 1. The van der Waals surface area contributed by atoms with Crippen LogP contribution >= 0.6 is 0 Å². The van der Waals surface area contributed by atoms with E-state index in [9.17, 15) is 28.0 Å². The van der Waals surface area contributed by atoms with E-state index < -0.39 is 47.4 Å². The Balaban J connectivity index is 1.38. The summed E-state index contributed by atoms with van der Waals surface area (Å²) in [6.07, 6.45) is 4.46. The standard InChI is InChI=1S/C33H39F2N11O6/c1-3-17-14-18(44-28-29-42-16-23(46(29)13-12-39-28)20-6-8-24(52-2)27(35)26(20)34)4-5-19(17)30(49)40-10-11-41-32(51)22(15-43-33(37)38)45-31(50)21(36)7-9-25(47)48/h4-6,8,12-14,16,21-22H,3,7,9-11,15,36H2,1-2H3,(H,39,44)(H,40,49)(H,41,51)(H,45,50)(H,47,48)(H4,37,38,43)/t21-,22?/m0/s1. The van der Waals surface area contributed by atoms with E-state index in [-0.39, 0.29) is 49.7 Å². The first kappa shape index (κ1) is 38.4. The van der Waals surface area contributed by atoms with Crippen molar-refractivity contribution < 1.29 is 37.8 Å². The number of aryl methyl sites for hydroxylation is 1. The van der Waals surface area contributed by atoms with Crippen molar-refractivity contribution in [1.82, 2.24) is 30.3 Å². The maximum absolute atomic E-state index is 14.9. The van der Waals surface area contributed by atoms with Gasteiger partial charge in [0, 0.05) is 48.7 Å². The molecule has 276 valence electrons. The highest BCUT2D eigenvalue weighted by molar-refractivity contribution is 5.96. The average molecular weight is 724 g/mol. The fraction of sp³-hybridized carbons (Fsp3) is 0.303. The van der Waals surface area contributed by atoms with Crippen LogP contribution in [0.5, 0.6) is 5.75 Å². The molecule has 2 atom stereocenters. The molecule has 17 nitrogen and oxygen atoms in total. The first-order chi connectivity index (χ1) is 24.8. The third-order valence-corrected chi connectivity index (χ3v) is 7.77. The number of hydrogen-bond donors (Lipinski definition) is 8. The van der Waals surface area contributed by atoms with Crippen molar-refractivity contribution in [3.8, 4) is 17.0 Å². The minimum absolute atomic E-state index is 0.0139. The van der Waals surface area contributed by atoms with E-state index in [1.807, 2.05) is 6.92 Å². The molecule has 19 heteroatoms. The van der Waals surface area contributed by atoms with E-state index in [1.54, 1.807) is 28.8 Å². The Morgan fingerprint density at radius 2 is 1.79 bits per heavy atom. The third kappa shape index (κ3) is 9.44. The van der Waals surface area contributed by atoms with E-state index in [0.717, 1.165) is 0 Å². The van der Waals surface area contributed by atoms with Crippen molar-refractivity contribution in [1.29, 1.82) is 0 Å². The van der Waals surface area contributed by atoms with Gasteiger partial charge < -0.3 is 48.3 Å². The Kier molecular flexibility index (Phi) is 13.0. The Morgan fingerprint density at radius 1 is 1.04 bits per heavy atom. The van der Waals surface area contributed by atoms with Crippen LogP contribution in [-0.4, -0.2) is 88.0 Å². The van der Waals surface area contributed by atoms with Gasteiger partial charge in [0.1, 0.15) is 6.04 Å². The minimum atomic E-state index is -1.21. The lowest BCUT2D eigenvalue weighted by Crippen LogP contribution is -2.54. The predicted octanol–water partition coefficient (Wildman–Crippen LogP) is 0.785. The molecule has 2 aromatic heterocycles. The predicted molar refractivity (Wildman–Crippen MR) is 187 cm³/mol. The number of methoxy groups -OCH3 is 1. The van der Waals surface area contributed by atoms with E-state index in [4.69, 9.17) is 27.0 Å². The largest absolute Gasteiger partial charge is 0.494 e. The summed E-state index contributed by atoms with van der Waals surface area (Å²) < 4.78 is 35.7. The molecule has 11 N–H and O–H groups in total. The Bertz CT molecular complexity index is 1980. The van der Waals surface area contributed by atoms with E-state index in [2.05, 4.69) is 36.2 Å². The molecule has 0 radical (unpaired) electrons. The molecular formula is C33H39F2N11O6. The highest BCUT2D eigenvalue weighted by Gasteiger charge is 2.24. The number of aliphatic imine (C=N–C) groups is 1. The molecule has 2 heterocycles. The molecule has 0 fully saturated rings. The van der Waals surface area contributed by atoms with Gasteiger partial charge in [0.25, 0.3) is 5.91 Å². The molecule has 2 aromatic carbocycles. The summed E-state index contributed by atoms with van der Waals surface area (Å²) in [6, 6.07) is 5.39. The van der Waals surface area contributed by atoms with Crippen LogP contribution < -0.4 is 43.2 Å². The zero-order valence-electron chi connectivity index (χ0n) is 28.3. The molecule has 0 spiro atoms. The maximum atomic E-state index is 14.9. The molecule has 0 aliphatic carbocycles. The molecule has 52 heavy (non-hydrogen) atoms. The summed E-state index contributed by atoms with van der Waals surface area (Å²) in [4.78, 5) is 61.6. The first-order valence-electron chi connectivity index (χ1n) is 16.0. The van der Waals surface area contributed by atoms with Gasteiger partial charge in [0.2, 0.25) is 17.6 Å². The fourth-order valence-corrected chi connectivity index (χ4v) is 5.08. The number of carboxylic acids is 1. The highest BCUT2D eigenvalue weighted by Crippen LogP contribution is 2.31. The molecular weight excluding hydrogens is 684 g/mol. The van der Waals surface area contributed by atoms with Crippen molar-refractivity contribution in [3.63, 3.8) is 0 Å². The van der Waals surface area contributed by atoms with Gasteiger partial charge in [0.15, 0.2) is 29.0 Å². The quantitative estimate of drug-likeness (QED) is 0.0427. The molecule has 0 aliphatic heterocycles. The number of nitrogens with two attached hydrogens (primary N) is 3. The minimum Gasteiger partial charge on any atom is -0.494 e. The van der Waals surface area contributed by atoms with Crippen molar-refractivity contribution >= 4 is 46.8 Å². The summed E-state index contributed by atoms with van der Waals surface area (Å²) in [7, 11) is 1.25. The molecule has 0 saturated heterocycles. The number of fused-ring (bicyclic) bond motifs is 1. The molecule has 1 unspecified atom stereocenters. The zero-order chi connectivity index (χ0) is 37.9. The number of aliphatic carboxylic acids is 1. The summed E-state index contributed by atoms with van der Waals surface area (Å²) in [5, 5.41) is 19.7.